The number of aromatic hydroxyl groups is 3. The number of phenolic OH excluding ortho intramolecular Hbond substituents is 3. The summed E-state index contributed by atoms with van der Waals surface area (Å²) in [4.78, 5) is 10.6. The molecule has 0 radical (unpaired) electrons. The summed E-state index contributed by atoms with van der Waals surface area (Å²) in [5.74, 6) is -0.677. The van der Waals surface area contributed by atoms with E-state index in [-0.39, 0.29) is 40.8 Å². The number of rotatable bonds is 2. The van der Waals surface area contributed by atoms with Gasteiger partial charge < -0.3 is 30.9 Å². The topological polar surface area (TPSA) is 146 Å². The Bertz CT molecular complexity index is 769. The van der Waals surface area contributed by atoms with Crippen molar-refractivity contribution < 1.29 is 25.2 Å². The van der Waals surface area contributed by atoms with Gasteiger partial charge in [-0.05, 0) is 17.3 Å². The number of aliphatic hydroxyl groups excluding tert-OH is 1. The Balaban J connectivity index is 2.04. The van der Waals surface area contributed by atoms with Crippen molar-refractivity contribution in [2.75, 3.05) is 5.73 Å². The fraction of sp³-hybridized carbons (Fsp3) is 0.200. The smallest absolute Gasteiger partial charge is 0.150 e. The number of benzene rings is 2. The third kappa shape index (κ3) is 2.49. The van der Waals surface area contributed by atoms with E-state index in [4.69, 9.17) is 10.5 Å². The zero-order chi connectivity index (χ0) is 16.7. The van der Waals surface area contributed by atoms with Crippen LogP contribution in [0.15, 0.2) is 29.4 Å². The lowest BCUT2D eigenvalue weighted by Gasteiger charge is -2.31. The van der Waals surface area contributed by atoms with Crippen LogP contribution in [0.3, 0.4) is 0 Å². The summed E-state index contributed by atoms with van der Waals surface area (Å²) >= 11 is 0. The van der Waals surface area contributed by atoms with Crippen molar-refractivity contribution in [3.8, 4) is 23.0 Å². The third-order valence-electron chi connectivity index (χ3n) is 3.78. The van der Waals surface area contributed by atoms with Crippen molar-refractivity contribution in [3.05, 3.63) is 40.3 Å². The van der Waals surface area contributed by atoms with E-state index in [0.717, 1.165) is 0 Å². The predicted molar refractivity (Wildman–Crippen MR) is 80.8 cm³/mol. The van der Waals surface area contributed by atoms with Crippen molar-refractivity contribution >= 4 is 11.4 Å². The maximum absolute atomic E-state index is 10.6. The number of ether oxygens (including phenoxy) is 1. The molecule has 2 aromatic rings. The minimum Gasteiger partial charge on any atom is -0.507 e. The molecule has 0 aromatic heterocycles. The Labute approximate surface area is 130 Å². The largest absolute Gasteiger partial charge is 0.507 e. The van der Waals surface area contributed by atoms with Crippen molar-refractivity contribution in [2.45, 2.75) is 18.6 Å². The standard InChI is InChI=1S/C15H14N2O6/c16-14-10(19)1-6(2-11(14)20)15-12(21)5-8-9(18)3-7(17-22)4-13(8)23-15/h1-4,12,15,18-21H,5,16H2/t12-,15+/m0/s1. The lowest BCUT2D eigenvalue weighted by atomic mass is 9.93. The molecule has 1 aliphatic heterocycles. The Kier molecular flexibility index (Phi) is 3.45. The van der Waals surface area contributed by atoms with Crippen molar-refractivity contribution in [1.29, 1.82) is 0 Å². The van der Waals surface area contributed by atoms with E-state index >= 15 is 0 Å². The highest BCUT2D eigenvalue weighted by Gasteiger charge is 2.33. The molecule has 23 heavy (non-hydrogen) atoms. The van der Waals surface area contributed by atoms with Crippen LogP contribution in [0.25, 0.3) is 0 Å². The van der Waals surface area contributed by atoms with Crippen LogP contribution < -0.4 is 10.5 Å². The fourth-order valence-corrected chi connectivity index (χ4v) is 2.61. The van der Waals surface area contributed by atoms with E-state index in [1.165, 1.54) is 24.3 Å². The first kappa shape index (κ1) is 14.9. The zero-order valence-corrected chi connectivity index (χ0v) is 11.8. The van der Waals surface area contributed by atoms with E-state index in [2.05, 4.69) is 5.18 Å². The second-order valence-corrected chi connectivity index (χ2v) is 5.32. The molecular formula is C15H14N2O6. The minimum atomic E-state index is -1.04. The summed E-state index contributed by atoms with van der Waals surface area (Å²) in [7, 11) is 0. The second-order valence-electron chi connectivity index (χ2n) is 5.32. The molecule has 8 nitrogen and oxygen atoms in total. The van der Waals surface area contributed by atoms with Crippen LogP contribution >= 0.6 is 0 Å². The molecule has 3 rings (SSSR count). The lowest BCUT2D eigenvalue weighted by Crippen LogP contribution is -2.30. The minimum absolute atomic E-state index is 0.0145. The number of nitroso groups, excluding NO2 is 1. The van der Waals surface area contributed by atoms with Gasteiger partial charge in [-0.15, -0.1) is 4.91 Å². The maximum Gasteiger partial charge on any atom is 0.150 e. The first-order valence-corrected chi connectivity index (χ1v) is 6.76. The fourth-order valence-electron chi connectivity index (χ4n) is 2.61. The van der Waals surface area contributed by atoms with E-state index < -0.39 is 12.2 Å². The van der Waals surface area contributed by atoms with Crippen LogP contribution in [0.1, 0.15) is 17.2 Å². The molecule has 0 saturated carbocycles. The highest BCUT2D eigenvalue weighted by atomic mass is 16.5. The average molecular weight is 318 g/mol. The molecular weight excluding hydrogens is 304 g/mol. The highest BCUT2D eigenvalue weighted by molar-refractivity contribution is 5.63. The number of phenols is 3. The molecule has 2 aromatic carbocycles. The van der Waals surface area contributed by atoms with Gasteiger partial charge in [0.1, 0.15) is 34.4 Å². The van der Waals surface area contributed by atoms with Gasteiger partial charge in [-0.3, -0.25) is 0 Å². The number of hydrogen-bond acceptors (Lipinski definition) is 8. The van der Waals surface area contributed by atoms with Gasteiger partial charge in [0, 0.05) is 29.7 Å². The summed E-state index contributed by atoms with van der Waals surface area (Å²) < 4.78 is 5.63. The molecule has 0 amide bonds. The van der Waals surface area contributed by atoms with Gasteiger partial charge in [0.15, 0.2) is 6.10 Å². The lowest BCUT2D eigenvalue weighted by molar-refractivity contribution is 0.0199. The van der Waals surface area contributed by atoms with E-state index in [1.807, 2.05) is 0 Å². The van der Waals surface area contributed by atoms with E-state index in [9.17, 15) is 25.3 Å². The summed E-state index contributed by atoms with van der Waals surface area (Å²) in [6.07, 6.45) is -1.89. The predicted octanol–water partition coefficient (Wildman–Crippen LogP) is 1.82. The Morgan fingerprint density at radius 3 is 2.35 bits per heavy atom. The van der Waals surface area contributed by atoms with Gasteiger partial charge in [-0.2, -0.15) is 0 Å². The second kappa shape index (κ2) is 5.33. The van der Waals surface area contributed by atoms with Gasteiger partial charge in [0.05, 0.1) is 6.10 Å². The van der Waals surface area contributed by atoms with Gasteiger partial charge in [0.2, 0.25) is 0 Å². The number of nitrogens with zero attached hydrogens (tertiary/aromatic N) is 1. The average Bonchev–Trinajstić information content (AvgIpc) is 2.52. The van der Waals surface area contributed by atoms with Crippen molar-refractivity contribution in [3.63, 3.8) is 0 Å². The molecule has 0 fully saturated rings. The van der Waals surface area contributed by atoms with Gasteiger partial charge in [0.25, 0.3) is 0 Å². The first-order valence-electron chi connectivity index (χ1n) is 6.76. The maximum atomic E-state index is 10.6. The SMILES string of the molecule is Nc1c(O)cc([C@H]2Oc3cc(N=O)cc(O)c3C[C@@H]2O)cc1O. The number of fused-ring (bicyclic) bond motifs is 1. The van der Waals surface area contributed by atoms with Gasteiger partial charge in [-0.25, -0.2) is 0 Å². The quantitative estimate of drug-likeness (QED) is 0.322. The molecule has 0 unspecified atom stereocenters. The van der Waals surface area contributed by atoms with E-state index in [0.29, 0.717) is 11.1 Å². The molecule has 0 aliphatic carbocycles. The number of nitrogens with two attached hydrogens (primary N) is 1. The Hall–Kier alpha value is -3.00. The molecule has 8 heteroatoms. The van der Waals surface area contributed by atoms with Crippen LogP contribution in [0.5, 0.6) is 23.0 Å². The molecule has 2 atom stereocenters. The number of anilines is 1. The molecule has 0 bridgehead atoms. The van der Waals surface area contributed by atoms with Crippen molar-refractivity contribution in [1.82, 2.24) is 0 Å². The first-order chi connectivity index (χ1) is 10.9. The molecule has 1 heterocycles. The highest BCUT2D eigenvalue weighted by Crippen LogP contribution is 2.43. The molecule has 0 saturated heterocycles. The molecule has 6 N–H and O–H groups in total. The monoisotopic (exact) mass is 318 g/mol. The number of hydrogen-bond donors (Lipinski definition) is 5. The molecule has 1 aliphatic rings. The van der Waals surface area contributed by atoms with E-state index in [1.54, 1.807) is 0 Å². The van der Waals surface area contributed by atoms with Crippen LogP contribution in [0.2, 0.25) is 0 Å². The van der Waals surface area contributed by atoms with Crippen LogP contribution in [-0.2, 0) is 6.42 Å². The Morgan fingerprint density at radius 1 is 1.09 bits per heavy atom. The third-order valence-corrected chi connectivity index (χ3v) is 3.78. The van der Waals surface area contributed by atoms with Gasteiger partial charge >= 0.3 is 0 Å². The number of nitrogen functional groups attached to an aromatic ring is 1. The number of aliphatic hydroxyl groups is 1. The van der Waals surface area contributed by atoms with Crippen LogP contribution in [0.4, 0.5) is 11.4 Å². The summed E-state index contributed by atoms with van der Waals surface area (Å²) in [5, 5.41) is 42.3. The van der Waals surface area contributed by atoms with Crippen molar-refractivity contribution in [2.24, 2.45) is 5.18 Å². The Morgan fingerprint density at radius 2 is 1.74 bits per heavy atom. The summed E-state index contributed by atoms with van der Waals surface area (Å²) in [6.45, 7) is 0. The van der Waals surface area contributed by atoms with Crippen LogP contribution in [-0.4, -0.2) is 26.5 Å². The van der Waals surface area contributed by atoms with Crippen LogP contribution in [0, 0.1) is 4.91 Å². The summed E-state index contributed by atoms with van der Waals surface area (Å²) in [6, 6.07) is 5.08. The summed E-state index contributed by atoms with van der Waals surface area (Å²) in [5.41, 5.74) is 5.93. The van der Waals surface area contributed by atoms with Gasteiger partial charge in [-0.1, -0.05) is 0 Å². The zero-order valence-electron chi connectivity index (χ0n) is 11.8. The molecule has 120 valence electrons. The molecule has 0 spiro atoms. The normalized spacial score (nSPS) is 19.7.